The second-order valence-corrected chi connectivity index (χ2v) is 17.2. The number of para-hydroxylation sites is 1. The van der Waals surface area contributed by atoms with Crippen LogP contribution in [-0.2, 0) is 10.8 Å². The first kappa shape index (κ1) is 33.1. The second kappa shape index (κ2) is 11.7. The van der Waals surface area contributed by atoms with Crippen molar-refractivity contribution in [3.05, 3.63) is 193 Å². The lowest BCUT2D eigenvalue weighted by atomic mass is 9.79. The predicted octanol–water partition coefficient (Wildman–Crippen LogP) is 13.4. The lowest BCUT2D eigenvalue weighted by Gasteiger charge is -2.24. The molecule has 0 amide bonds. The average molecular weight is 745 g/mol. The van der Waals surface area contributed by atoms with Crippen molar-refractivity contribution in [3.63, 3.8) is 0 Å². The number of benzene rings is 7. The topological polar surface area (TPSA) is 35.1 Å². The van der Waals surface area contributed by atoms with Crippen molar-refractivity contribution in [2.75, 3.05) is 0 Å². The molecule has 0 aliphatic heterocycles. The summed E-state index contributed by atoms with van der Waals surface area (Å²) in [6.07, 6.45) is 6.05. The molecule has 2 aliphatic rings. The number of fused-ring (bicyclic) bond motifs is 10. The standard InChI is InChI=1S/C54H40N4/c1-53(2)45-26-36(37-30-55-52-56-31-51(57(52)32-37)34-15-9-6-10-16-34)19-22-39(45)42-28-48-43(29-47(42)53)40-23-21-38(27-46(40)54(48,3)4)58-49-18-12-11-17-41(49)44-25-35(20-24-50(44)58)33-13-7-5-8-14-33/h5-32H,1-4H3. The van der Waals surface area contributed by atoms with E-state index in [0.717, 1.165) is 22.4 Å². The summed E-state index contributed by atoms with van der Waals surface area (Å²) >= 11 is 0. The van der Waals surface area contributed by atoms with Gasteiger partial charge in [-0.1, -0.05) is 131 Å². The fraction of sp³-hybridized carbons (Fsp3) is 0.111. The van der Waals surface area contributed by atoms with Crippen LogP contribution < -0.4 is 0 Å². The van der Waals surface area contributed by atoms with E-state index in [1.807, 2.05) is 18.5 Å². The van der Waals surface area contributed by atoms with Crippen LogP contribution in [0.3, 0.4) is 0 Å². The van der Waals surface area contributed by atoms with E-state index in [1.54, 1.807) is 0 Å². The fourth-order valence-corrected chi connectivity index (χ4v) is 10.2. The minimum Gasteiger partial charge on any atom is -0.309 e. The number of aromatic nitrogens is 4. The van der Waals surface area contributed by atoms with Crippen LogP contribution in [0.15, 0.2) is 170 Å². The van der Waals surface area contributed by atoms with E-state index in [9.17, 15) is 0 Å². The maximum Gasteiger partial charge on any atom is 0.234 e. The Morgan fingerprint density at radius 2 is 0.983 bits per heavy atom. The summed E-state index contributed by atoms with van der Waals surface area (Å²) < 4.78 is 4.56. The number of rotatable bonds is 4. The molecule has 0 saturated carbocycles. The molecule has 0 saturated heterocycles. The SMILES string of the molecule is CC1(C)c2cc(-c3cnc4ncc(-c5ccccc5)n4c3)ccc2-c2cc3c(cc21)-c1ccc(-n2c4ccccc4c4cc(-c5ccccc5)ccc42)cc1C3(C)C. The Labute approximate surface area is 337 Å². The highest BCUT2D eigenvalue weighted by Crippen LogP contribution is 2.57. The molecule has 0 radical (unpaired) electrons. The predicted molar refractivity (Wildman–Crippen MR) is 239 cm³/mol. The smallest absolute Gasteiger partial charge is 0.234 e. The Morgan fingerprint density at radius 3 is 1.72 bits per heavy atom. The minimum atomic E-state index is -0.176. The maximum atomic E-state index is 4.77. The van der Waals surface area contributed by atoms with Crippen LogP contribution >= 0.6 is 0 Å². The molecule has 0 fully saturated rings. The summed E-state index contributed by atoms with van der Waals surface area (Å²) in [5, 5.41) is 2.55. The Kier molecular flexibility index (Phi) is 6.71. The molecule has 0 atom stereocenters. The summed E-state index contributed by atoms with van der Waals surface area (Å²) in [5.74, 6) is 0.702. The molecule has 3 aromatic heterocycles. The lowest BCUT2D eigenvalue weighted by molar-refractivity contribution is 0.652. The minimum absolute atomic E-state index is 0.175. The number of hydrogen-bond acceptors (Lipinski definition) is 2. The van der Waals surface area contributed by atoms with E-state index in [4.69, 9.17) is 4.98 Å². The van der Waals surface area contributed by atoms with Crippen LogP contribution in [-0.4, -0.2) is 18.9 Å². The highest BCUT2D eigenvalue weighted by molar-refractivity contribution is 6.10. The van der Waals surface area contributed by atoms with Crippen molar-refractivity contribution < 1.29 is 0 Å². The van der Waals surface area contributed by atoms with Gasteiger partial charge in [0.2, 0.25) is 5.78 Å². The zero-order valence-corrected chi connectivity index (χ0v) is 33.0. The summed E-state index contributed by atoms with van der Waals surface area (Å²) in [5.41, 5.74) is 21.0. The normalized spacial score (nSPS) is 14.5. The fourth-order valence-electron chi connectivity index (χ4n) is 10.2. The first-order valence-electron chi connectivity index (χ1n) is 20.2. The van der Waals surface area contributed by atoms with Gasteiger partial charge < -0.3 is 4.57 Å². The van der Waals surface area contributed by atoms with Gasteiger partial charge in [-0.15, -0.1) is 0 Å². The van der Waals surface area contributed by atoms with Gasteiger partial charge in [0, 0.05) is 50.8 Å². The number of imidazole rings is 1. The maximum absolute atomic E-state index is 4.77. The second-order valence-electron chi connectivity index (χ2n) is 17.2. The summed E-state index contributed by atoms with van der Waals surface area (Å²) in [6, 6.07) is 56.0. The van der Waals surface area contributed by atoms with Crippen LogP contribution in [0.5, 0.6) is 0 Å². The Bertz CT molecular complexity index is 3330. The van der Waals surface area contributed by atoms with Gasteiger partial charge in [0.05, 0.1) is 22.9 Å². The van der Waals surface area contributed by atoms with E-state index in [2.05, 4.69) is 193 Å². The van der Waals surface area contributed by atoms with Crippen LogP contribution in [0.25, 0.3) is 89.0 Å². The molecule has 2 aliphatic carbocycles. The Morgan fingerprint density at radius 1 is 0.414 bits per heavy atom. The average Bonchev–Trinajstić information content (AvgIpc) is 3.96. The van der Waals surface area contributed by atoms with Crippen LogP contribution in [0, 0.1) is 0 Å². The van der Waals surface area contributed by atoms with Crippen molar-refractivity contribution in [2.45, 2.75) is 38.5 Å². The summed E-state index contributed by atoms with van der Waals surface area (Å²) in [6.45, 7) is 9.57. The molecule has 0 N–H and O–H groups in total. The van der Waals surface area contributed by atoms with Gasteiger partial charge in [-0.2, -0.15) is 0 Å². The highest BCUT2D eigenvalue weighted by atomic mass is 15.1. The number of hydrogen-bond donors (Lipinski definition) is 0. The molecule has 12 rings (SSSR count). The van der Waals surface area contributed by atoms with E-state index in [-0.39, 0.29) is 10.8 Å². The van der Waals surface area contributed by atoms with Crippen molar-refractivity contribution in [1.82, 2.24) is 18.9 Å². The Balaban J connectivity index is 0.945. The monoisotopic (exact) mass is 744 g/mol. The molecule has 4 nitrogen and oxygen atoms in total. The first-order valence-corrected chi connectivity index (χ1v) is 20.2. The van der Waals surface area contributed by atoms with Crippen LogP contribution in [0.2, 0.25) is 0 Å². The molecule has 276 valence electrons. The Hall–Kier alpha value is -7.04. The highest BCUT2D eigenvalue weighted by Gasteiger charge is 2.42. The summed E-state index contributed by atoms with van der Waals surface area (Å²) in [7, 11) is 0. The largest absolute Gasteiger partial charge is 0.309 e. The van der Waals surface area contributed by atoms with Gasteiger partial charge in [-0.05, 0) is 110 Å². The zero-order chi connectivity index (χ0) is 38.9. The van der Waals surface area contributed by atoms with Crippen LogP contribution in [0.1, 0.15) is 49.9 Å². The van der Waals surface area contributed by atoms with Crippen molar-refractivity contribution >= 4 is 27.6 Å². The lowest BCUT2D eigenvalue weighted by Crippen LogP contribution is -2.17. The molecular weight excluding hydrogens is 705 g/mol. The van der Waals surface area contributed by atoms with Crippen molar-refractivity contribution in [3.8, 4) is 61.5 Å². The molecule has 0 spiro atoms. The first-order chi connectivity index (χ1) is 28.3. The quantitative estimate of drug-likeness (QED) is 0.180. The molecule has 7 aromatic carbocycles. The van der Waals surface area contributed by atoms with Gasteiger partial charge in [-0.3, -0.25) is 4.40 Å². The third kappa shape index (κ3) is 4.57. The zero-order valence-electron chi connectivity index (χ0n) is 33.0. The molecule has 58 heavy (non-hydrogen) atoms. The van der Waals surface area contributed by atoms with Gasteiger partial charge in [0.1, 0.15) is 0 Å². The third-order valence-corrected chi connectivity index (χ3v) is 13.3. The van der Waals surface area contributed by atoms with E-state index in [0.29, 0.717) is 5.78 Å². The molecular formula is C54H40N4. The molecule has 0 unspecified atom stereocenters. The van der Waals surface area contributed by atoms with E-state index >= 15 is 0 Å². The van der Waals surface area contributed by atoms with E-state index < -0.39 is 0 Å². The van der Waals surface area contributed by atoms with Gasteiger partial charge in [-0.25, -0.2) is 9.97 Å². The summed E-state index contributed by atoms with van der Waals surface area (Å²) in [4.78, 5) is 9.37. The van der Waals surface area contributed by atoms with Gasteiger partial charge >= 0.3 is 0 Å². The van der Waals surface area contributed by atoms with Gasteiger partial charge in [0.15, 0.2) is 0 Å². The van der Waals surface area contributed by atoms with Gasteiger partial charge in [0.25, 0.3) is 0 Å². The number of nitrogens with zero attached hydrogens (tertiary/aromatic N) is 4. The van der Waals surface area contributed by atoms with Crippen LogP contribution in [0.4, 0.5) is 0 Å². The molecule has 0 bridgehead atoms. The van der Waals surface area contributed by atoms with Crippen molar-refractivity contribution in [2.24, 2.45) is 0 Å². The molecule has 3 heterocycles. The van der Waals surface area contributed by atoms with E-state index in [1.165, 1.54) is 83.1 Å². The molecule has 10 aromatic rings. The molecule has 4 heteroatoms. The third-order valence-electron chi connectivity index (χ3n) is 13.3. The van der Waals surface area contributed by atoms with Crippen molar-refractivity contribution in [1.29, 1.82) is 0 Å².